The number of benzene rings is 1. The van der Waals surface area contributed by atoms with Crippen molar-refractivity contribution in [3.63, 3.8) is 0 Å². The molecule has 4 rings (SSSR count). The van der Waals surface area contributed by atoms with E-state index in [2.05, 4.69) is 9.88 Å². The van der Waals surface area contributed by atoms with Gasteiger partial charge in [0, 0.05) is 38.8 Å². The van der Waals surface area contributed by atoms with Crippen LogP contribution in [0.4, 0.5) is 18.3 Å². The van der Waals surface area contributed by atoms with Gasteiger partial charge in [-0.3, -0.25) is 14.5 Å². The maximum Gasteiger partial charge on any atom is 0.416 e. The van der Waals surface area contributed by atoms with Crippen LogP contribution in [0.3, 0.4) is 0 Å². The molecule has 0 atom stereocenters. The Morgan fingerprint density at radius 2 is 1.85 bits per heavy atom. The third-order valence-corrected chi connectivity index (χ3v) is 7.57. The topological polar surface area (TPSA) is 79.5 Å². The molecule has 0 unspecified atom stereocenters. The summed E-state index contributed by atoms with van der Waals surface area (Å²) in [6.07, 6.45) is 4.11. The normalized spacial score (nSPS) is 18.9. The van der Waals surface area contributed by atoms with Crippen LogP contribution in [0.5, 0.6) is 0 Å². The smallest absolute Gasteiger partial charge is 0.366 e. The first-order chi connectivity index (χ1) is 15.7. The Balaban J connectivity index is 1.59. The van der Waals surface area contributed by atoms with Gasteiger partial charge in [0.05, 0.1) is 15.6 Å². The highest BCUT2D eigenvalue weighted by molar-refractivity contribution is 7.22. The highest BCUT2D eigenvalue weighted by Crippen LogP contribution is 2.36. The summed E-state index contributed by atoms with van der Waals surface area (Å²) in [6.45, 7) is 4.22. The summed E-state index contributed by atoms with van der Waals surface area (Å²) in [5.41, 5.74) is 3.59. The largest absolute Gasteiger partial charge is 0.416 e. The summed E-state index contributed by atoms with van der Waals surface area (Å²) in [5.74, 6) is -0.0288. The fourth-order valence-electron chi connectivity index (χ4n) is 4.64. The zero-order valence-corrected chi connectivity index (χ0v) is 19.1. The summed E-state index contributed by atoms with van der Waals surface area (Å²) in [7, 11) is 0. The molecule has 0 radical (unpaired) electrons. The molecule has 178 valence electrons. The van der Waals surface area contributed by atoms with E-state index in [1.54, 1.807) is 0 Å². The molecule has 0 spiro atoms. The van der Waals surface area contributed by atoms with Crippen LogP contribution in [0.15, 0.2) is 23.0 Å². The number of amides is 1. The summed E-state index contributed by atoms with van der Waals surface area (Å²) >= 11 is 1.17. The lowest BCUT2D eigenvalue weighted by molar-refractivity contribution is -0.137. The maximum absolute atomic E-state index is 13.4. The molecule has 2 fully saturated rings. The number of fused-ring (bicyclic) bond motifs is 1. The second kappa shape index (κ2) is 9.80. The number of carbonyl (C=O) groups excluding carboxylic acids is 1. The van der Waals surface area contributed by atoms with Crippen molar-refractivity contribution >= 4 is 38.5 Å². The molecule has 1 aromatic carbocycles. The second-order valence-electron chi connectivity index (χ2n) is 8.77. The van der Waals surface area contributed by atoms with Crippen LogP contribution in [0.2, 0.25) is 0 Å². The molecule has 2 aliphatic rings. The summed E-state index contributed by atoms with van der Waals surface area (Å²) in [6, 6.07) is 1.76. The number of hydrogen-bond acceptors (Lipinski definition) is 6. The molecule has 2 N–H and O–H groups in total. The van der Waals surface area contributed by atoms with Gasteiger partial charge in [0.2, 0.25) is 5.91 Å². The molecule has 1 aliphatic carbocycles. The van der Waals surface area contributed by atoms with E-state index >= 15 is 0 Å². The van der Waals surface area contributed by atoms with Crippen LogP contribution in [0.25, 0.3) is 16.2 Å². The standard InChI is InChI=1S/C23H27F3N4O2S/c24-23(25,26)17-12-16(6-7-19(27)31)20-18(13-17)21(32)28-22(33-20)30-10-8-29(9-11-30)14-15-4-2-1-3-5-15/h6-7,12-13,15H,1-5,8-11,14H2,(H2,27,31)/b7-6+. The number of rotatable bonds is 5. The average Bonchev–Trinajstić information content (AvgIpc) is 2.78. The first kappa shape index (κ1) is 23.7. The van der Waals surface area contributed by atoms with Crippen LogP contribution in [-0.2, 0) is 11.0 Å². The van der Waals surface area contributed by atoms with Gasteiger partial charge in [0.1, 0.15) is 0 Å². The lowest BCUT2D eigenvalue weighted by Crippen LogP contribution is -2.48. The number of nitrogens with two attached hydrogens (primary N) is 1. The number of alkyl halides is 3. The van der Waals surface area contributed by atoms with Gasteiger partial charge in [0.15, 0.2) is 5.13 Å². The van der Waals surface area contributed by atoms with Crippen molar-refractivity contribution in [2.75, 3.05) is 37.6 Å². The fourth-order valence-corrected chi connectivity index (χ4v) is 5.76. The van der Waals surface area contributed by atoms with Crippen LogP contribution >= 0.6 is 11.3 Å². The molecule has 1 saturated carbocycles. The fraction of sp³-hybridized carbons (Fsp3) is 0.522. The number of nitrogens with zero attached hydrogens (tertiary/aromatic N) is 3. The molecular formula is C23H27F3N4O2S. The van der Waals surface area contributed by atoms with Gasteiger partial charge in [-0.25, -0.2) is 0 Å². The molecule has 10 heteroatoms. The van der Waals surface area contributed by atoms with Crippen molar-refractivity contribution in [3.8, 4) is 0 Å². The van der Waals surface area contributed by atoms with Gasteiger partial charge < -0.3 is 10.6 Å². The molecule has 6 nitrogen and oxygen atoms in total. The molecule has 0 bridgehead atoms. The Labute approximate surface area is 193 Å². The van der Waals surface area contributed by atoms with E-state index in [1.807, 2.05) is 4.90 Å². The third-order valence-electron chi connectivity index (χ3n) is 6.38. The van der Waals surface area contributed by atoms with Crippen molar-refractivity contribution in [1.29, 1.82) is 0 Å². The van der Waals surface area contributed by atoms with Crippen molar-refractivity contribution in [2.45, 2.75) is 38.3 Å². The first-order valence-corrected chi connectivity index (χ1v) is 12.0. The zero-order valence-electron chi connectivity index (χ0n) is 18.2. The molecule has 33 heavy (non-hydrogen) atoms. The summed E-state index contributed by atoms with van der Waals surface area (Å²) < 4.78 is 40.4. The van der Waals surface area contributed by atoms with Gasteiger partial charge in [-0.15, -0.1) is 0 Å². The predicted molar refractivity (Wildman–Crippen MR) is 124 cm³/mol. The molecule has 1 aromatic heterocycles. The quantitative estimate of drug-likeness (QED) is 0.657. The second-order valence-corrected chi connectivity index (χ2v) is 9.75. The molecule has 1 amide bonds. The van der Waals surface area contributed by atoms with E-state index in [1.165, 1.54) is 49.5 Å². The van der Waals surface area contributed by atoms with Crippen LogP contribution in [-0.4, -0.2) is 48.5 Å². The first-order valence-electron chi connectivity index (χ1n) is 11.2. The SMILES string of the molecule is NC(=O)/C=C/c1cc(C(F)(F)F)cc2c(=O)nc(N3CCN(CC4CCCCC4)CC3)sc12. The minimum absolute atomic E-state index is 0.112. The van der Waals surface area contributed by atoms with Crippen molar-refractivity contribution in [1.82, 2.24) is 9.88 Å². The molecule has 2 aromatic rings. The molecule has 1 saturated heterocycles. The third kappa shape index (κ3) is 5.73. The Hall–Kier alpha value is -2.46. The number of aromatic nitrogens is 1. The number of anilines is 1. The van der Waals surface area contributed by atoms with Gasteiger partial charge in [-0.1, -0.05) is 30.6 Å². The van der Waals surface area contributed by atoms with E-state index in [0.717, 1.165) is 43.8 Å². The Kier molecular flexibility index (Phi) is 7.04. The van der Waals surface area contributed by atoms with Crippen LogP contribution < -0.4 is 16.2 Å². The Morgan fingerprint density at radius 3 is 2.48 bits per heavy atom. The van der Waals surface area contributed by atoms with E-state index in [0.29, 0.717) is 22.9 Å². The number of primary amides is 1. The van der Waals surface area contributed by atoms with Crippen LogP contribution in [0, 0.1) is 5.92 Å². The van der Waals surface area contributed by atoms with Crippen molar-refractivity contribution in [3.05, 3.63) is 39.7 Å². The van der Waals surface area contributed by atoms with E-state index in [9.17, 15) is 22.8 Å². The summed E-state index contributed by atoms with van der Waals surface area (Å²) in [4.78, 5) is 32.5. The number of hydrogen-bond donors (Lipinski definition) is 1. The lowest BCUT2D eigenvalue weighted by atomic mass is 9.89. The number of carbonyl (C=O) groups is 1. The van der Waals surface area contributed by atoms with Gasteiger partial charge >= 0.3 is 6.18 Å². The number of piperazine rings is 1. The van der Waals surface area contributed by atoms with Gasteiger partial charge in [-0.2, -0.15) is 18.2 Å². The Morgan fingerprint density at radius 1 is 1.15 bits per heavy atom. The predicted octanol–water partition coefficient (Wildman–Crippen LogP) is 3.88. The van der Waals surface area contributed by atoms with E-state index < -0.39 is 23.2 Å². The zero-order chi connectivity index (χ0) is 23.6. The monoisotopic (exact) mass is 480 g/mol. The van der Waals surface area contributed by atoms with Crippen molar-refractivity contribution in [2.24, 2.45) is 11.7 Å². The highest BCUT2D eigenvalue weighted by Gasteiger charge is 2.32. The Bertz CT molecular complexity index is 1100. The average molecular weight is 481 g/mol. The van der Waals surface area contributed by atoms with Crippen LogP contribution in [0.1, 0.15) is 43.2 Å². The molecular weight excluding hydrogens is 453 g/mol. The minimum Gasteiger partial charge on any atom is -0.366 e. The molecule has 1 aliphatic heterocycles. The summed E-state index contributed by atoms with van der Waals surface area (Å²) in [5, 5.41) is 0.372. The van der Waals surface area contributed by atoms with E-state index in [4.69, 9.17) is 5.73 Å². The number of halogens is 3. The lowest BCUT2D eigenvalue weighted by Gasteiger charge is -2.37. The molecule has 2 heterocycles. The minimum atomic E-state index is -4.63. The maximum atomic E-state index is 13.4. The van der Waals surface area contributed by atoms with Gasteiger partial charge in [0.25, 0.3) is 5.56 Å². The van der Waals surface area contributed by atoms with Crippen molar-refractivity contribution < 1.29 is 18.0 Å². The highest BCUT2D eigenvalue weighted by atomic mass is 32.1. The van der Waals surface area contributed by atoms with Gasteiger partial charge in [-0.05, 0) is 42.5 Å². The van der Waals surface area contributed by atoms with E-state index in [-0.39, 0.29) is 10.9 Å².